The monoisotopic (exact) mass is 665 g/mol. The molecule has 0 saturated heterocycles. The molecule has 2 aliphatic rings. The molecule has 0 fully saturated rings. The van der Waals surface area contributed by atoms with E-state index in [2.05, 4.69) is 208 Å². The first-order chi connectivity index (χ1) is 25.4. The van der Waals surface area contributed by atoms with Crippen molar-refractivity contribution in [1.82, 2.24) is 0 Å². The molecule has 1 nitrogen and oxygen atoms in total. The first-order valence-electron chi connectivity index (χ1n) is 18.4. The molecule has 10 rings (SSSR count). The van der Waals surface area contributed by atoms with E-state index in [1.165, 1.54) is 72.0 Å². The van der Waals surface area contributed by atoms with Crippen LogP contribution in [0.25, 0.3) is 44.2 Å². The summed E-state index contributed by atoms with van der Waals surface area (Å²) in [6.45, 7) is 7.15. The van der Waals surface area contributed by atoms with Gasteiger partial charge in [0.1, 0.15) is 0 Å². The fourth-order valence-corrected chi connectivity index (χ4v) is 9.43. The summed E-state index contributed by atoms with van der Waals surface area (Å²) in [5.74, 6) is 0. The highest BCUT2D eigenvalue weighted by molar-refractivity contribution is 6.00. The summed E-state index contributed by atoms with van der Waals surface area (Å²) in [7, 11) is 0. The third-order valence-electron chi connectivity index (χ3n) is 11.9. The van der Waals surface area contributed by atoms with Crippen molar-refractivity contribution in [2.45, 2.75) is 31.6 Å². The number of benzene rings is 8. The largest absolute Gasteiger partial charge is 0.310 e. The zero-order valence-corrected chi connectivity index (χ0v) is 29.8. The van der Waals surface area contributed by atoms with Crippen molar-refractivity contribution in [2.75, 3.05) is 4.90 Å². The quantitative estimate of drug-likeness (QED) is 0.177. The molecule has 0 saturated carbocycles. The molecule has 52 heavy (non-hydrogen) atoms. The van der Waals surface area contributed by atoms with Crippen molar-refractivity contribution in [3.63, 3.8) is 0 Å². The molecule has 0 aliphatic heterocycles. The summed E-state index contributed by atoms with van der Waals surface area (Å²) in [4.78, 5) is 2.48. The Bertz CT molecular complexity index is 2680. The molecule has 1 atom stereocenters. The van der Waals surface area contributed by atoms with Crippen molar-refractivity contribution < 1.29 is 0 Å². The summed E-state index contributed by atoms with van der Waals surface area (Å²) >= 11 is 0. The van der Waals surface area contributed by atoms with E-state index in [4.69, 9.17) is 0 Å². The molecule has 0 spiro atoms. The zero-order chi connectivity index (χ0) is 35.0. The van der Waals surface area contributed by atoms with Crippen LogP contribution in [0.1, 0.15) is 48.6 Å². The van der Waals surface area contributed by atoms with Crippen molar-refractivity contribution in [2.24, 2.45) is 0 Å². The Hall–Kier alpha value is -6.18. The van der Waals surface area contributed by atoms with Crippen LogP contribution in [0.4, 0.5) is 17.1 Å². The van der Waals surface area contributed by atoms with Gasteiger partial charge in [-0.3, -0.25) is 0 Å². The molecule has 0 radical (unpaired) electrons. The van der Waals surface area contributed by atoms with Crippen LogP contribution in [0.3, 0.4) is 0 Å². The van der Waals surface area contributed by atoms with E-state index >= 15 is 0 Å². The van der Waals surface area contributed by atoms with Gasteiger partial charge in [-0.2, -0.15) is 0 Å². The second-order valence-electron chi connectivity index (χ2n) is 15.0. The lowest BCUT2D eigenvalue weighted by atomic mass is 9.74. The van der Waals surface area contributed by atoms with Crippen molar-refractivity contribution in [3.05, 3.63) is 210 Å². The predicted octanol–water partition coefficient (Wildman–Crippen LogP) is 13.6. The van der Waals surface area contributed by atoms with E-state index in [1.54, 1.807) is 0 Å². The van der Waals surface area contributed by atoms with Crippen LogP contribution in [0.15, 0.2) is 182 Å². The summed E-state index contributed by atoms with van der Waals surface area (Å²) in [5, 5.41) is 2.45. The van der Waals surface area contributed by atoms with Gasteiger partial charge in [-0.05, 0) is 104 Å². The number of fused-ring (bicyclic) bond motifs is 7. The van der Waals surface area contributed by atoms with Gasteiger partial charge in [0.25, 0.3) is 0 Å². The lowest BCUT2D eigenvalue weighted by Crippen LogP contribution is -2.22. The SMILES string of the molecule is CC1(C)c2ccccc2-c2cccc(-c3cccc(N(c4ccc5c(c4)C(C)(c4ccccc4)c4ccccc4-5)c4cccc5ccccc45)c3)c21. The maximum absolute atomic E-state index is 2.48. The van der Waals surface area contributed by atoms with Gasteiger partial charge in [0.05, 0.1) is 5.69 Å². The van der Waals surface area contributed by atoms with Gasteiger partial charge in [-0.25, -0.2) is 0 Å². The minimum atomic E-state index is -0.291. The lowest BCUT2D eigenvalue weighted by molar-refractivity contribution is 0.662. The minimum absolute atomic E-state index is 0.106. The Morgan fingerprint density at radius 3 is 1.85 bits per heavy atom. The second kappa shape index (κ2) is 11.4. The molecular weight excluding hydrogens is 627 g/mol. The van der Waals surface area contributed by atoms with E-state index in [1.807, 2.05) is 0 Å². The third-order valence-corrected chi connectivity index (χ3v) is 11.9. The Morgan fingerprint density at radius 1 is 0.404 bits per heavy atom. The maximum Gasteiger partial charge on any atom is 0.0540 e. The van der Waals surface area contributed by atoms with Gasteiger partial charge in [0.2, 0.25) is 0 Å². The van der Waals surface area contributed by atoms with Crippen LogP contribution >= 0.6 is 0 Å². The highest BCUT2D eigenvalue weighted by atomic mass is 15.1. The number of hydrogen-bond acceptors (Lipinski definition) is 1. The highest BCUT2D eigenvalue weighted by Crippen LogP contribution is 2.55. The summed E-state index contributed by atoms with van der Waals surface area (Å²) < 4.78 is 0. The first-order valence-corrected chi connectivity index (χ1v) is 18.4. The van der Waals surface area contributed by atoms with Crippen LogP contribution in [0, 0.1) is 0 Å². The van der Waals surface area contributed by atoms with E-state index in [-0.39, 0.29) is 10.8 Å². The molecule has 1 unspecified atom stereocenters. The molecule has 1 heteroatoms. The Kier molecular flexibility index (Phi) is 6.73. The van der Waals surface area contributed by atoms with Crippen LogP contribution in [-0.2, 0) is 10.8 Å². The van der Waals surface area contributed by atoms with E-state index in [9.17, 15) is 0 Å². The van der Waals surface area contributed by atoms with Crippen LogP contribution in [-0.4, -0.2) is 0 Å². The van der Waals surface area contributed by atoms with Crippen molar-refractivity contribution >= 4 is 27.8 Å². The second-order valence-corrected chi connectivity index (χ2v) is 15.0. The Morgan fingerprint density at radius 2 is 1.00 bits per heavy atom. The highest BCUT2D eigenvalue weighted by Gasteiger charge is 2.41. The van der Waals surface area contributed by atoms with Gasteiger partial charge in [0.15, 0.2) is 0 Å². The standard InChI is InChI=1S/C51H39N/c1-50(2)45-27-11-9-24-42(45)44-26-15-25-40(49(44)50)35-18-13-21-37(32-35)52(48-29-14-17-34-16-7-8-22-39(34)48)38-30-31-43-41-23-10-12-28-46(41)51(3,47(43)33-38)36-19-5-4-6-20-36/h4-33H,1-3H3. The van der Waals surface area contributed by atoms with Gasteiger partial charge in [0, 0.05) is 27.6 Å². The normalized spacial score (nSPS) is 16.2. The topological polar surface area (TPSA) is 3.24 Å². The van der Waals surface area contributed by atoms with Crippen LogP contribution < -0.4 is 4.90 Å². The summed E-state index contributed by atoms with van der Waals surface area (Å²) in [5.41, 5.74) is 17.7. The summed E-state index contributed by atoms with van der Waals surface area (Å²) in [6, 6.07) is 67.4. The average Bonchev–Trinajstić information content (AvgIpc) is 3.60. The van der Waals surface area contributed by atoms with Crippen molar-refractivity contribution in [1.29, 1.82) is 0 Å². The predicted molar refractivity (Wildman–Crippen MR) is 219 cm³/mol. The fraction of sp³-hybridized carbons (Fsp3) is 0.0980. The number of rotatable bonds is 5. The van der Waals surface area contributed by atoms with Gasteiger partial charge < -0.3 is 4.90 Å². The van der Waals surface area contributed by atoms with Crippen LogP contribution in [0.2, 0.25) is 0 Å². The molecule has 0 aromatic heterocycles. The molecule has 2 aliphatic carbocycles. The fourth-order valence-electron chi connectivity index (χ4n) is 9.43. The van der Waals surface area contributed by atoms with E-state index < -0.39 is 0 Å². The molecule has 248 valence electrons. The van der Waals surface area contributed by atoms with Gasteiger partial charge >= 0.3 is 0 Å². The minimum Gasteiger partial charge on any atom is -0.310 e. The van der Waals surface area contributed by atoms with Crippen molar-refractivity contribution in [3.8, 4) is 33.4 Å². The lowest BCUT2D eigenvalue weighted by Gasteiger charge is -2.31. The molecule has 0 bridgehead atoms. The number of anilines is 3. The third kappa shape index (κ3) is 4.36. The molecule has 8 aromatic rings. The number of nitrogens with zero attached hydrogens (tertiary/aromatic N) is 1. The Balaban J connectivity index is 1.20. The first kappa shape index (κ1) is 30.6. The average molecular weight is 666 g/mol. The van der Waals surface area contributed by atoms with Gasteiger partial charge in [-0.1, -0.05) is 166 Å². The smallest absolute Gasteiger partial charge is 0.0540 e. The maximum atomic E-state index is 2.48. The molecule has 0 heterocycles. The van der Waals surface area contributed by atoms with E-state index in [0.717, 1.165) is 17.1 Å². The Labute approximate surface area is 306 Å². The summed E-state index contributed by atoms with van der Waals surface area (Å²) in [6.07, 6.45) is 0. The molecule has 0 N–H and O–H groups in total. The molecular formula is C51H39N. The molecule has 0 amide bonds. The zero-order valence-electron chi connectivity index (χ0n) is 29.8. The number of hydrogen-bond donors (Lipinski definition) is 0. The van der Waals surface area contributed by atoms with Crippen LogP contribution in [0.5, 0.6) is 0 Å². The van der Waals surface area contributed by atoms with Gasteiger partial charge in [-0.15, -0.1) is 0 Å². The molecule has 8 aromatic carbocycles. The van der Waals surface area contributed by atoms with E-state index in [0.29, 0.717) is 0 Å².